The average molecular weight is 344 g/mol. The number of amides is 2. The van der Waals surface area contributed by atoms with Gasteiger partial charge in [-0.1, -0.05) is 12.8 Å². The third-order valence-electron chi connectivity index (χ3n) is 4.10. The van der Waals surface area contributed by atoms with E-state index in [1.54, 1.807) is 24.5 Å². The third-order valence-corrected chi connectivity index (χ3v) is 5.30. The van der Waals surface area contributed by atoms with Crippen molar-refractivity contribution in [1.29, 1.82) is 0 Å². The Balaban J connectivity index is 1.83. The van der Waals surface area contributed by atoms with Crippen molar-refractivity contribution in [2.45, 2.75) is 38.5 Å². The van der Waals surface area contributed by atoms with Crippen molar-refractivity contribution in [2.75, 3.05) is 5.32 Å². The number of anilines is 1. The van der Waals surface area contributed by atoms with Gasteiger partial charge in [-0.15, -0.1) is 11.3 Å². The minimum atomic E-state index is -0.474. The molecule has 0 saturated carbocycles. The van der Waals surface area contributed by atoms with Gasteiger partial charge in [0.2, 0.25) is 5.91 Å². The minimum absolute atomic E-state index is 0.303. The van der Waals surface area contributed by atoms with Gasteiger partial charge < -0.3 is 15.5 Å². The van der Waals surface area contributed by atoms with Gasteiger partial charge in [-0.05, 0) is 49.5 Å². The fourth-order valence-electron chi connectivity index (χ4n) is 2.97. The number of furan rings is 1. The summed E-state index contributed by atoms with van der Waals surface area (Å²) in [5.41, 5.74) is 7.09. The first-order valence-corrected chi connectivity index (χ1v) is 8.93. The van der Waals surface area contributed by atoms with Crippen molar-refractivity contribution in [3.63, 3.8) is 0 Å². The van der Waals surface area contributed by atoms with Gasteiger partial charge in [-0.2, -0.15) is 0 Å². The molecule has 2 aromatic heterocycles. The molecule has 0 unspecified atom stereocenters. The summed E-state index contributed by atoms with van der Waals surface area (Å²) in [6.07, 6.45) is 10.8. The van der Waals surface area contributed by atoms with Crippen LogP contribution in [0, 0.1) is 0 Å². The van der Waals surface area contributed by atoms with E-state index >= 15 is 0 Å². The van der Waals surface area contributed by atoms with Crippen LogP contribution in [-0.4, -0.2) is 11.8 Å². The van der Waals surface area contributed by atoms with Crippen molar-refractivity contribution < 1.29 is 14.0 Å². The smallest absolute Gasteiger partial charge is 0.251 e. The zero-order chi connectivity index (χ0) is 16.9. The van der Waals surface area contributed by atoms with Crippen LogP contribution in [0.3, 0.4) is 0 Å². The maximum Gasteiger partial charge on any atom is 0.251 e. The maximum absolute atomic E-state index is 12.1. The van der Waals surface area contributed by atoms with Gasteiger partial charge in [0, 0.05) is 11.0 Å². The Kier molecular flexibility index (Phi) is 5.15. The number of thiophene rings is 1. The van der Waals surface area contributed by atoms with E-state index in [1.165, 1.54) is 35.1 Å². The number of aryl methyl sites for hydroxylation is 1. The molecule has 2 heterocycles. The third kappa shape index (κ3) is 3.76. The molecule has 1 aliphatic carbocycles. The van der Waals surface area contributed by atoms with Gasteiger partial charge in [0.1, 0.15) is 10.8 Å². The Morgan fingerprint density at radius 1 is 1.21 bits per heavy atom. The number of hydrogen-bond donors (Lipinski definition) is 2. The van der Waals surface area contributed by atoms with Gasteiger partial charge in [0.05, 0.1) is 11.8 Å². The molecular formula is C18H20N2O3S. The number of primary amides is 1. The average Bonchev–Trinajstić information content (AvgIpc) is 3.13. The molecule has 2 amide bonds. The molecule has 126 valence electrons. The van der Waals surface area contributed by atoms with E-state index in [0.717, 1.165) is 31.2 Å². The number of nitrogens with two attached hydrogens (primary N) is 1. The van der Waals surface area contributed by atoms with Gasteiger partial charge in [-0.25, -0.2) is 0 Å². The second-order valence-electron chi connectivity index (χ2n) is 5.82. The highest BCUT2D eigenvalue weighted by Gasteiger charge is 2.23. The number of nitrogens with one attached hydrogen (secondary N) is 1. The van der Waals surface area contributed by atoms with Crippen LogP contribution < -0.4 is 11.1 Å². The van der Waals surface area contributed by atoms with Gasteiger partial charge in [0.15, 0.2) is 0 Å². The van der Waals surface area contributed by atoms with E-state index < -0.39 is 5.91 Å². The largest absolute Gasteiger partial charge is 0.465 e. The molecule has 0 spiro atoms. The summed E-state index contributed by atoms with van der Waals surface area (Å²) in [5, 5.41) is 3.36. The fraction of sp³-hybridized carbons (Fsp3) is 0.333. The molecule has 0 atom stereocenters. The molecular weight excluding hydrogens is 324 g/mol. The predicted octanol–water partition coefficient (Wildman–Crippen LogP) is 3.75. The Morgan fingerprint density at radius 3 is 2.71 bits per heavy atom. The Labute approximate surface area is 144 Å². The zero-order valence-electron chi connectivity index (χ0n) is 13.3. The maximum atomic E-state index is 12.1. The van der Waals surface area contributed by atoms with Crippen LogP contribution in [0.25, 0.3) is 6.08 Å². The lowest BCUT2D eigenvalue weighted by Gasteiger charge is -2.10. The van der Waals surface area contributed by atoms with Crippen molar-refractivity contribution in [3.8, 4) is 0 Å². The highest BCUT2D eigenvalue weighted by Crippen LogP contribution is 2.36. The monoisotopic (exact) mass is 344 g/mol. The van der Waals surface area contributed by atoms with Crippen LogP contribution in [-0.2, 0) is 17.6 Å². The molecule has 0 radical (unpaired) electrons. The summed E-state index contributed by atoms with van der Waals surface area (Å²) >= 11 is 1.47. The van der Waals surface area contributed by atoms with E-state index in [0.29, 0.717) is 16.3 Å². The predicted molar refractivity (Wildman–Crippen MR) is 95.1 cm³/mol. The minimum Gasteiger partial charge on any atom is -0.465 e. The first-order chi connectivity index (χ1) is 11.6. The SMILES string of the molecule is NC(=O)c1c(NC(=O)/C=C/c2ccco2)sc2c1CCCCCC2. The summed E-state index contributed by atoms with van der Waals surface area (Å²) in [7, 11) is 0. The number of rotatable bonds is 4. The van der Waals surface area contributed by atoms with E-state index in [2.05, 4.69) is 5.32 Å². The molecule has 24 heavy (non-hydrogen) atoms. The summed E-state index contributed by atoms with van der Waals surface area (Å²) in [6.45, 7) is 0. The number of fused-ring (bicyclic) bond motifs is 1. The lowest BCUT2D eigenvalue weighted by Crippen LogP contribution is -2.17. The van der Waals surface area contributed by atoms with Crippen LogP contribution in [0.1, 0.15) is 52.2 Å². The van der Waals surface area contributed by atoms with Crippen LogP contribution in [0.2, 0.25) is 0 Å². The fourth-order valence-corrected chi connectivity index (χ4v) is 4.26. The quantitative estimate of drug-likeness (QED) is 0.828. The first kappa shape index (κ1) is 16.5. The molecule has 5 nitrogen and oxygen atoms in total. The number of carbonyl (C=O) groups is 2. The molecule has 1 aliphatic rings. The Bertz CT molecular complexity index is 760. The highest BCUT2D eigenvalue weighted by molar-refractivity contribution is 7.17. The molecule has 0 fully saturated rings. The standard InChI is InChI=1S/C18H20N2O3S/c19-17(22)16-13-7-3-1-2-4-8-14(13)24-18(16)20-15(21)10-9-12-6-5-11-23-12/h5-6,9-11H,1-4,7-8H2,(H2,19,22)(H,20,21)/b10-9+. The zero-order valence-corrected chi connectivity index (χ0v) is 14.2. The normalized spacial score (nSPS) is 14.8. The van der Waals surface area contributed by atoms with Crippen LogP contribution in [0.15, 0.2) is 28.9 Å². The van der Waals surface area contributed by atoms with Gasteiger partial charge in [0.25, 0.3) is 5.91 Å². The van der Waals surface area contributed by atoms with Crippen molar-refractivity contribution in [1.82, 2.24) is 0 Å². The number of hydrogen-bond acceptors (Lipinski definition) is 4. The van der Waals surface area contributed by atoms with Gasteiger partial charge in [-0.3, -0.25) is 9.59 Å². The van der Waals surface area contributed by atoms with Crippen LogP contribution in [0.4, 0.5) is 5.00 Å². The topological polar surface area (TPSA) is 85.3 Å². The molecule has 0 saturated heterocycles. The van der Waals surface area contributed by atoms with E-state index in [1.807, 2.05) is 0 Å². The second-order valence-corrected chi connectivity index (χ2v) is 6.93. The molecule has 0 aromatic carbocycles. The van der Waals surface area contributed by atoms with E-state index in [-0.39, 0.29) is 5.91 Å². The second kappa shape index (κ2) is 7.49. The van der Waals surface area contributed by atoms with E-state index in [9.17, 15) is 9.59 Å². The Morgan fingerprint density at radius 2 is 2.00 bits per heavy atom. The Hall–Kier alpha value is -2.34. The molecule has 0 aliphatic heterocycles. The molecule has 6 heteroatoms. The lowest BCUT2D eigenvalue weighted by atomic mass is 9.96. The van der Waals surface area contributed by atoms with Crippen LogP contribution in [0.5, 0.6) is 0 Å². The molecule has 0 bridgehead atoms. The van der Waals surface area contributed by atoms with Crippen molar-refractivity contribution >= 4 is 34.2 Å². The highest BCUT2D eigenvalue weighted by atomic mass is 32.1. The molecule has 3 N–H and O–H groups in total. The number of carbonyl (C=O) groups excluding carboxylic acids is 2. The van der Waals surface area contributed by atoms with Crippen molar-refractivity contribution in [3.05, 3.63) is 46.2 Å². The van der Waals surface area contributed by atoms with E-state index in [4.69, 9.17) is 10.2 Å². The first-order valence-electron chi connectivity index (χ1n) is 8.12. The molecule has 3 rings (SSSR count). The van der Waals surface area contributed by atoms with Crippen molar-refractivity contribution in [2.24, 2.45) is 5.73 Å². The van der Waals surface area contributed by atoms with Crippen LogP contribution >= 0.6 is 11.3 Å². The summed E-state index contributed by atoms with van der Waals surface area (Å²) < 4.78 is 5.15. The lowest BCUT2D eigenvalue weighted by molar-refractivity contribution is -0.111. The summed E-state index contributed by atoms with van der Waals surface area (Å²) in [5.74, 6) is -0.180. The van der Waals surface area contributed by atoms with Gasteiger partial charge >= 0.3 is 0 Å². The summed E-state index contributed by atoms with van der Waals surface area (Å²) in [6, 6.07) is 3.51. The molecule has 2 aromatic rings. The summed E-state index contributed by atoms with van der Waals surface area (Å²) in [4.78, 5) is 25.2.